The monoisotopic (exact) mass is 265 g/mol. The van der Waals surface area contributed by atoms with Crippen LogP contribution in [0.1, 0.15) is 18.3 Å². The minimum Gasteiger partial charge on any atom is -0.397 e. The summed E-state index contributed by atoms with van der Waals surface area (Å²) in [6.45, 7) is 3.07. The molecular formula is C17H19N3. The second-order valence-corrected chi connectivity index (χ2v) is 4.97. The molecule has 0 fully saturated rings. The van der Waals surface area contributed by atoms with Crippen LogP contribution in [0.4, 0.5) is 5.69 Å². The molecule has 0 atom stereocenters. The van der Waals surface area contributed by atoms with Gasteiger partial charge in [-0.2, -0.15) is 0 Å². The molecule has 2 aromatic carbocycles. The van der Waals surface area contributed by atoms with E-state index in [2.05, 4.69) is 41.8 Å². The summed E-state index contributed by atoms with van der Waals surface area (Å²) < 4.78 is 2.26. The highest BCUT2D eigenvalue weighted by atomic mass is 15.1. The summed E-state index contributed by atoms with van der Waals surface area (Å²) in [5.74, 6) is 1.12. The third-order valence-electron chi connectivity index (χ3n) is 3.69. The van der Waals surface area contributed by atoms with Gasteiger partial charge in [-0.25, -0.2) is 4.98 Å². The molecule has 3 heteroatoms. The van der Waals surface area contributed by atoms with Crippen LogP contribution in [0.2, 0.25) is 0 Å². The van der Waals surface area contributed by atoms with Gasteiger partial charge in [-0.1, -0.05) is 36.4 Å². The van der Waals surface area contributed by atoms with Gasteiger partial charge in [0.2, 0.25) is 0 Å². The molecule has 3 rings (SSSR count). The molecule has 2 N–H and O–H groups in total. The van der Waals surface area contributed by atoms with Gasteiger partial charge < -0.3 is 10.3 Å². The Bertz CT molecular complexity index is 714. The number of fused-ring (bicyclic) bond motifs is 1. The van der Waals surface area contributed by atoms with Crippen LogP contribution in [0.15, 0.2) is 48.5 Å². The average molecular weight is 265 g/mol. The van der Waals surface area contributed by atoms with Crippen molar-refractivity contribution < 1.29 is 0 Å². The van der Waals surface area contributed by atoms with Crippen molar-refractivity contribution in [3.63, 3.8) is 0 Å². The first-order valence-corrected chi connectivity index (χ1v) is 7.07. The molecule has 3 nitrogen and oxygen atoms in total. The number of para-hydroxylation sites is 1. The lowest BCUT2D eigenvalue weighted by Crippen LogP contribution is -2.03. The summed E-state index contributed by atoms with van der Waals surface area (Å²) >= 11 is 0. The van der Waals surface area contributed by atoms with E-state index in [-0.39, 0.29) is 0 Å². The lowest BCUT2D eigenvalue weighted by atomic mass is 10.1. The third-order valence-corrected chi connectivity index (χ3v) is 3.69. The van der Waals surface area contributed by atoms with E-state index in [1.807, 2.05) is 18.2 Å². The number of aryl methyl sites for hydroxylation is 3. The van der Waals surface area contributed by atoms with Crippen molar-refractivity contribution in [2.45, 2.75) is 26.3 Å². The number of rotatable bonds is 4. The van der Waals surface area contributed by atoms with Gasteiger partial charge in [-0.3, -0.25) is 0 Å². The van der Waals surface area contributed by atoms with Crippen LogP contribution in [-0.4, -0.2) is 9.55 Å². The first-order valence-electron chi connectivity index (χ1n) is 7.07. The van der Waals surface area contributed by atoms with Crippen molar-refractivity contribution in [1.82, 2.24) is 9.55 Å². The largest absolute Gasteiger partial charge is 0.397 e. The highest BCUT2D eigenvalue weighted by Crippen LogP contribution is 2.22. The third kappa shape index (κ3) is 2.27. The fourth-order valence-corrected chi connectivity index (χ4v) is 2.66. The van der Waals surface area contributed by atoms with Crippen molar-refractivity contribution >= 4 is 16.7 Å². The highest BCUT2D eigenvalue weighted by molar-refractivity contribution is 5.87. The molecule has 0 bridgehead atoms. The summed E-state index contributed by atoms with van der Waals surface area (Å²) in [7, 11) is 0. The van der Waals surface area contributed by atoms with E-state index in [1.54, 1.807) is 0 Å². The van der Waals surface area contributed by atoms with Gasteiger partial charge in [-0.15, -0.1) is 0 Å². The molecule has 1 heterocycles. The van der Waals surface area contributed by atoms with Crippen molar-refractivity contribution in [3.8, 4) is 0 Å². The van der Waals surface area contributed by atoms with Crippen LogP contribution < -0.4 is 5.73 Å². The fourth-order valence-electron chi connectivity index (χ4n) is 2.66. The van der Waals surface area contributed by atoms with E-state index in [0.717, 1.165) is 41.9 Å². The van der Waals surface area contributed by atoms with Gasteiger partial charge in [0.15, 0.2) is 0 Å². The Kier molecular flexibility index (Phi) is 3.42. The molecule has 0 spiro atoms. The second-order valence-electron chi connectivity index (χ2n) is 4.97. The van der Waals surface area contributed by atoms with E-state index < -0.39 is 0 Å². The molecule has 0 unspecified atom stereocenters. The van der Waals surface area contributed by atoms with Crippen molar-refractivity contribution in [2.24, 2.45) is 0 Å². The van der Waals surface area contributed by atoms with Gasteiger partial charge in [0.25, 0.3) is 0 Å². The second kappa shape index (κ2) is 5.37. The molecular weight excluding hydrogens is 246 g/mol. The zero-order chi connectivity index (χ0) is 13.9. The quantitative estimate of drug-likeness (QED) is 0.734. The van der Waals surface area contributed by atoms with Crippen LogP contribution in [0.25, 0.3) is 11.0 Å². The lowest BCUT2D eigenvalue weighted by molar-refractivity contribution is 0.707. The number of benzene rings is 2. The van der Waals surface area contributed by atoms with E-state index in [1.165, 1.54) is 5.56 Å². The number of imidazole rings is 1. The molecule has 0 aliphatic carbocycles. The summed E-state index contributed by atoms with van der Waals surface area (Å²) in [6, 6.07) is 16.5. The van der Waals surface area contributed by atoms with Crippen LogP contribution in [-0.2, 0) is 19.4 Å². The molecule has 0 aliphatic rings. The Morgan fingerprint density at radius 1 is 1.00 bits per heavy atom. The van der Waals surface area contributed by atoms with Gasteiger partial charge in [0.1, 0.15) is 11.3 Å². The van der Waals surface area contributed by atoms with Gasteiger partial charge in [0, 0.05) is 13.0 Å². The summed E-state index contributed by atoms with van der Waals surface area (Å²) in [5, 5.41) is 0. The smallest absolute Gasteiger partial charge is 0.112 e. The van der Waals surface area contributed by atoms with Crippen molar-refractivity contribution in [2.75, 3.05) is 5.73 Å². The molecule has 0 saturated carbocycles. The maximum atomic E-state index is 6.02. The SMILES string of the molecule is CCn1c(CCc2ccccc2)nc2c(N)cccc21. The Morgan fingerprint density at radius 2 is 1.80 bits per heavy atom. The molecule has 0 aliphatic heterocycles. The fraction of sp³-hybridized carbons (Fsp3) is 0.235. The first-order chi connectivity index (χ1) is 9.79. The summed E-state index contributed by atoms with van der Waals surface area (Å²) in [4.78, 5) is 4.74. The number of aromatic nitrogens is 2. The van der Waals surface area contributed by atoms with Crippen LogP contribution >= 0.6 is 0 Å². The Morgan fingerprint density at radius 3 is 2.55 bits per heavy atom. The number of anilines is 1. The van der Waals surface area contributed by atoms with Crippen LogP contribution in [0, 0.1) is 0 Å². The number of nitrogens with two attached hydrogens (primary N) is 1. The first kappa shape index (κ1) is 12.7. The normalized spacial score (nSPS) is 11.1. The maximum absolute atomic E-state index is 6.02. The Balaban J connectivity index is 1.93. The number of nitrogens with zero attached hydrogens (tertiary/aromatic N) is 2. The van der Waals surface area contributed by atoms with Crippen molar-refractivity contribution in [1.29, 1.82) is 0 Å². The summed E-state index contributed by atoms with van der Waals surface area (Å²) in [6.07, 6.45) is 1.94. The topological polar surface area (TPSA) is 43.8 Å². The van der Waals surface area contributed by atoms with E-state index >= 15 is 0 Å². The number of hydrogen-bond donors (Lipinski definition) is 1. The number of nitrogen functional groups attached to an aromatic ring is 1. The van der Waals surface area contributed by atoms with Crippen LogP contribution in [0.3, 0.4) is 0 Å². The van der Waals surface area contributed by atoms with Gasteiger partial charge in [-0.05, 0) is 31.0 Å². The highest BCUT2D eigenvalue weighted by Gasteiger charge is 2.11. The Hall–Kier alpha value is -2.29. The molecule has 0 amide bonds. The Labute approximate surface area is 119 Å². The predicted octanol–water partition coefficient (Wildman–Crippen LogP) is 3.42. The number of hydrogen-bond acceptors (Lipinski definition) is 2. The molecule has 0 radical (unpaired) electrons. The minimum absolute atomic E-state index is 0.760. The molecule has 3 aromatic rings. The minimum atomic E-state index is 0.760. The predicted molar refractivity (Wildman–Crippen MR) is 83.7 cm³/mol. The zero-order valence-corrected chi connectivity index (χ0v) is 11.7. The van der Waals surface area contributed by atoms with E-state index in [9.17, 15) is 0 Å². The lowest BCUT2D eigenvalue weighted by Gasteiger charge is -2.06. The van der Waals surface area contributed by atoms with Gasteiger partial charge >= 0.3 is 0 Å². The molecule has 20 heavy (non-hydrogen) atoms. The van der Waals surface area contributed by atoms with E-state index in [4.69, 9.17) is 10.7 Å². The van der Waals surface area contributed by atoms with Gasteiger partial charge in [0.05, 0.1) is 11.2 Å². The molecule has 102 valence electrons. The molecule has 1 aromatic heterocycles. The standard InChI is InChI=1S/C17H19N3/c1-2-20-15-10-6-9-14(18)17(15)19-16(20)12-11-13-7-4-3-5-8-13/h3-10H,2,11-12,18H2,1H3. The maximum Gasteiger partial charge on any atom is 0.112 e. The average Bonchev–Trinajstić information content (AvgIpc) is 2.85. The van der Waals surface area contributed by atoms with E-state index in [0.29, 0.717) is 0 Å². The summed E-state index contributed by atoms with van der Waals surface area (Å²) in [5.41, 5.74) is 10.2. The van der Waals surface area contributed by atoms with Crippen LogP contribution in [0.5, 0.6) is 0 Å². The zero-order valence-electron chi connectivity index (χ0n) is 11.7. The molecule has 0 saturated heterocycles. The van der Waals surface area contributed by atoms with Crippen molar-refractivity contribution in [3.05, 3.63) is 59.9 Å².